The first-order valence-electron chi connectivity index (χ1n) is 14.2. The van der Waals surface area contributed by atoms with Crippen LogP contribution in [0.25, 0.3) is 16.9 Å². The average molecular weight is 611 g/mol. The zero-order chi connectivity index (χ0) is 29.7. The van der Waals surface area contributed by atoms with E-state index < -0.39 is 12.5 Å². The highest BCUT2D eigenvalue weighted by atomic mass is 35.5. The largest absolute Gasteiger partial charge is 0.434 e. The van der Waals surface area contributed by atoms with Gasteiger partial charge >= 0.3 is 6.61 Å². The maximum absolute atomic E-state index is 13.4. The van der Waals surface area contributed by atoms with E-state index in [4.69, 9.17) is 16.3 Å². The molecule has 1 N–H and O–H groups in total. The Labute approximate surface area is 250 Å². The number of ether oxygens (including phenoxy) is 1. The van der Waals surface area contributed by atoms with Crippen molar-refractivity contribution in [2.45, 2.75) is 26.0 Å². The van der Waals surface area contributed by atoms with Crippen molar-refractivity contribution in [1.29, 1.82) is 0 Å². The lowest BCUT2D eigenvalue weighted by Gasteiger charge is -2.21. The van der Waals surface area contributed by atoms with E-state index in [0.717, 1.165) is 25.6 Å². The quantitative estimate of drug-likeness (QED) is 0.306. The van der Waals surface area contributed by atoms with Crippen molar-refractivity contribution in [2.75, 3.05) is 38.0 Å². The van der Waals surface area contributed by atoms with E-state index in [1.54, 1.807) is 18.5 Å². The summed E-state index contributed by atoms with van der Waals surface area (Å²) in [5.41, 5.74) is 0.980. The lowest BCUT2D eigenvalue weighted by molar-refractivity contribution is -0.131. The number of rotatable bonds is 9. The molecule has 1 aliphatic carbocycles. The molecule has 4 aromatic rings. The molecule has 2 atom stereocenters. The monoisotopic (exact) mass is 610 g/mol. The van der Waals surface area contributed by atoms with E-state index in [9.17, 15) is 18.4 Å². The Hall–Kier alpha value is -4.10. The number of likely N-dealkylation sites (tertiary alicyclic amines) is 2. The molecule has 2 unspecified atom stereocenters. The molecule has 0 spiro atoms. The molecule has 0 radical (unpaired) electrons. The molecule has 14 heteroatoms. The van der Waals surface area contributed by atoms with Gasteiger partial charge in [0.1, 0.15) is 23.6 Å². The SMILES string of the molecule is O=C(Nc1cn(CC(=O)N2CC3CN(CC4CC4)CC3C2)nc1-c1cc(Cl)ccc1OC(F)F)c1cnn2cccnc12. The fourth-order valence-corrected chi connectivity index (χ4v) is 6.38. The second kappa shape index (κ2) is 11.2. The summed E-state index contributed by atoms with van der Waals surface area (Å²) >= 11 is 6.22. The molecule has 2 amide bonds. The minimum atomic E-state index is -3.10. The molecule has 11 nitrogen and oxygen atoms in total. The number of fused-ring (bicyclic) bond motifs is 2. The lowest BCUT2D eigenvalue weighted by atomic mass is 10.0. The van der Waals surface area contributed by atoms with Gasteiger partial charge in [-0.3, -0.25) is 14.3 Å². The summed E-state index contributed by atoms with van der Waals surface area (Å²) in [5, 5.41) is 11.7. The smallest absolute Gasteiger partial charge is 0.387 e. The predicted molar refractivity (Wildman–Crippen MR) is 153 cm³/mol. The van der Waals surface area contributed by atoms with Crippen molar-refractivity contribution in [3.8, 4) is 17.0 Å². The van der Waals surface area contributed by atoms with Crippen molar-refractivity contribution in [3.05, 3.63) is 59.6 Å². The summed E-state index contributed by atoms with van der Waals surface area (Å²) in [6, 6.07) is 5.84. The van der Waals surface area contributed by atoms with Crippen LogP contribution in [0.15, 0.2) is 49.1 Å². The number of anilines is 1. The first-order chi connectivity index (χ1) is 20.8. The van der Waals surface area contributed by atoms with Crippen LogP contribution < -0.4 is 10.1 Å². The van der Waals surface area contributed by atoms with E-state index in [2.05, 4.69) is 25.4 Å². The third-order valence-corrected chi connectivity index (χ3v) is 8.61. The van der Waals surface area contributed by atoms with Crippen LogP contribution in [0.1, 0.15) is 23.2 Å². The molecular weight excluding hydrogens is 582 g/mol. The third-order valence-electron chi connectivity index (χ3n) is 8.37. The zero-order valence-electron chi connectivity index (χ0n) is 23.1. The van der Waals surface area contributed by atoms with Gasteiger partial charge in [0, 0.05) is 61.9 Å². The van der Waals surface area contributed by atoms with Crippen molar-refractivity contribution in [1.82, 2.24) is 34.2 Å². The Morgan fingerprint density at radius 1 is 1.14 bits per heavy atom. The molecule has 5 heterocycles. The van der Waals surface area contributed by atoms with E-state index in [1.807, 2.05) is 4.90 Å². The van der Waals surface area contributed by atoms with Gasteiger partial charge in [0.05, 0.1) is 11.9 Å². The van der Waals surface area contributed by atoms with Crippen LogP contribution in [0.4, 0.5) is 14.5 Å². The number of nitrogens with one attached hydrogen (secondary N) is 1. The van der Waals surface area contributed by atoms with Crippen LogP contribution in [0.3, 0.4) is 0 Å². The van der Waals surface area contributed by atoms with Crippen LogP contribution in [-0.4, -0.2) is 85.3 Å². The highest BCUT2D eigenvalue weighted by Crippen LogP contribution is 2.38. The topological polar surface area (TPSA) is 110 Å². The van der Waals surface area contributed by atoms with Gasteiger partial charge < -0.3 is 19.9 Å². The maximum Gasteiger partial charge on any atom is 0.387 e. The second-order valence-corrected chi connectivity index (χ2v) is 11.9. The number of nitrogens with zero attached hydrogens (tertiary/aromatic N) is 7. The van der Waals surface area contributed by atoms with Gasteiger partial charge in [-0.05, 0) is 54.9 Å². The number of amides is 2. The predicted octanol–water partition coefficient (Wildman–Crippen LogP) is 3.90. The number of halogens is 3. The van der Waals surface area contributed by atoms with E-state index in [1.165, 1.54) is 52.6 Å². The van der Waals surface area contributed by atoms with Crippen LogP contribution >= 0.6 is 11.6 Å². The lowest BCUT2D eigenvalue weighted by Crippen LogP contribution is -2.35. The third kappa shape index (κ3) is 5.78. The highest BCUT2D eigenvalue weighted by Gasteiger charge is 2.42. The van der Waals surface area contributed by atoms with Crippen LogP contribution in [-0.2, 0) is 11.3 Å². The van der Waals surface area contributed by atoms with Gasteiger partial charge in [0.15, 0.2) is 5.65 Å². The number of benzene rings is 1. The second-order valence-electron chi connectivity index (χ2n) is 11.5. The summed E-state index contributed by atoms with van der Waals surface area (Å²) in [4.78, 5) is 35.4. The normalized spacial score (nSPS) is 20.2. The number of carbonyl (C=O) groups is 2. The molecule has 224 valence electrons. The molecule has 2 saturated heterocycles. The minimum absolute atomic E-state index is 0.0853. The fourth-order valence-electron chi connectivity index (χ4n) is 6.20. The molecule has 7 rings (SSSR count). The number of alkyl halides is 2. The molecule has 43 heavy (non-hydrogen) atoms. The van der Waals surface area contributed by atoms with Gasteiger partial charge in [-0.15, -0.1) is 0 Å². The molecule has 3 aromatic heterocycles. The van der Waals surface area contributed by atoms with Crippen molar-refractivity contribution in [2.24, 2.45) is 17.8 Å². The molecule has 3 aliphatic rings. The highest BCUT2D eigenvalue weighted by molar-refractivity contribution is 6.31. The van der Waals surface area contributed by atoms with E-state index in [0.29, 0.717) is 30.6 Å². The standard InChI is InChI=1S/C29H29ClF2N8O3/c30-20-4-5-24(43-29(31)32)21(8-20)26-23(35-28(42)22-9-34-40-7-1-6-33-27(22)40)15-39(36-26)16-25(41)38-13-18-11-37(10-17-2-3-17)12-19(18)14-38/h1,4-9,15,17-19,29H,2-3,10-14,16H2,(H,35,42). The van der Waals surface area contributed by atoms with Gasteiger partial charge in [0.25, 0.3) is 5.91 Å². The molecular formula is C29H29ClF2N8O3. The van der Waals surface area contributed by atoms with Crippen molar-refractivity contribution < 1.29 is 23.1 Å². The number of hydrogen-bond acceptors (Lipinski definition) is 7. The number of aromatic nitrogens is 5. The summed E-state index contributed by atoms with van der Waals surface area (Å²) in [6.07, 6.45) is 8.74. The maximum atomic E-state index is 13.4. The van der Waals surface area contributed by atoms with Crippen molar-refractivity contribution in [3.63, 3.8) is 0 Å². The Balaban J connectivity index is 1.14. The number of carbonyl (C=O) groups excluding carboxylic acids is 2. The van der Waals surface area contributed by atoms with Gasteiger partial charge in [0.2, 0.25) is 5.91 Å². The first kappa shape index (κ1) is 27.7. The van der Waals surface area contributed by atoms with Gasteiger partial charge in [-0.2, -0.15) is 19.0 Å². The summed E-state index contributed by atoms with van der Waals surface area (Å²) in [5.74, 6) is 0.957. The van der Waals surface area contributed by atoms with Gasteiger partial charge in [-0.25, -0.2) is 9.50 Å². The zero-order valence-corrected chi connectivity index (χ0v) is 23.8. The molecule has 1 aromatic carbocycles. The summed E-state index contributed by atoms with van der Waals surface area (Å²) in [6.45, 7) is 1.42. The van der Waals surface area contributed by atoms with Crippen LogP contribution in [0.5, 0.6) is 5.75 Å². The molecule has 3 fully saturated rings. The van der Waals surface area contributed by atoms with E-state index >= 15 is 0 Å². The first-order valence-corrected chi connectivity index (χ1v) is 14.6. The van der Waals surface area contributed by atoms with Crippen LogP contribution in [0.2, 0.25) is 5.02 Å². The van der Waals surface area contributed by atoms with Crippen LogP contribution in [0, 0.1) is 17.8 Å². The van der Waals surface area contributed by atoms with Crippen molar-refractivity contribution >= 4 is 34.7 Å². The Morgan fingerprint density at radius 3 is 2.67 bits per heavy atom. The summed E-state index contributed by atoms with van der Waals surface area (Å²) in [7, 11) is 0. The average Bonchev–Trinajstić information content (AvgIpc) is 3.27. The van der Waals surface area contributed by atoms with Gasteiger partial charge in [-0.1, -0.05) is 11.6 Å². The molecule has 0 bridgehead atoms. The van der Waals surface area contributed by atoms with E-state index in [-0.39, 0.29) is 45.7 Å². The Morgan fingerprint density at radius 2 is 1.93 bits per heavy atom. The fraction of sp³-hybridized carbons (Fsp3) is 0.414. The Bertz CT molecular complexity index is 1680. The summed E-state index contributed by atoms with van der Waals surface area (Å²) < 4.78 is 34.2. The minimum Gasteiger partial charge on any atom is -0.434 e. The number of hydrogen-bond donors (Lipinski definition) is 1. The molecule has 1 saturated carbocycles. The Kier molecular flexibility index (Phi) is 7.21. The molecule has 2 aliphatic heterocycles.